The summed E-state index contributed by atoms with van der Waals surface area (Å²) in [5, 5.41) is 7.92. The molecule has 1 aliphatic carbocycles. The molecule has 0 saturated heterocycles. The quantitative estimate of drug-likeness (QED) is 0.878. The second-order valence-electron chi connectivity index (χ2n) is 5.82. The fourth-order valence-electron chi connectivity index (χ4n) is 2.66. The van der Waals surface area contributed by atoms with Gasteiger partial charge < -0.3 is 5.32 Å². The number of hydrogen-bond donors (Lipinski definition) is 1. The van der Waals surface area contributed by atoms with E-state index in [2.05, 4.69) is 24.3 Å². The van der Waals surface area contributed by atoms with Crippen LogP contribution in [0.25, 0.3) is 11.1 Å². The minimum Gasteiger partial charge on any atom is -0.310 e. The van der Waals surface area contributed by atoms with Crippen LogP contribution in [0.2, 0.25) is 0 Å². The number of nitrogens with zero attached hydrogens (tertiary/aromatic N) is 2. The molecule has 0 spiro atoms. The lowest BCUT2D eigenvalue weighted by atomic mass is 10.00. The Hall–Kier alpha value is -1.68. The molecule has 1 heterocycles. The maximum atomic E-state index is 13.6. The maximum Gasteiger partial charge on any atom is 0.123 e. The summed E-state index contributed by atoms with van der Waals surface area (Å²) in [6.07, 6.45) is 5.43. The van der Waals surface area contributed by atoms with E-state index < -0.39 is 0 Å². The maximum absolute atomic E-state index is 13.6. The van der Waals surface area contributed by atoms with E-state index >= 15 is 0 Å². The molecule has 4 heteroatoms. The molecule has 0 atom stereocenters. The number of halogens is 1. The number of nitrogens with one attached hydrogen (secondary N) is 1. The van der Waals surface area contributed by atoms with E-state index in [-0.39, 0.29) is 5.82 Å². The van der Waals surface area contributed by atoms with Gasteiger partial charge in [-0.25, -0.2) is 4.39 Å². The van der Waals surface area contributed by atoms with E-state index in [0.29, 0.717) is 6.04 Å². The van der Waals surface area contributed by atoms with Gasteiger partial charge in [-0.1, -0.05) is 13.0 Å². The largest absolute Gasteiger partial charge is 0.310 e. The molecule has 3 nitrogen and oxygen atoms in total. The molecule has 1 fully saturated rings. The highest BCUT2D eigenvalue weighted by Gasteiger charge is 2.21. The molecule has 0 amide bonds. The first kappa shape index (κ1) is 14.3. The Bertz CT molecular complexity index is 629. The van der Waals surface area contributed by atoms with E-state index in [4.69, 9.17) is 0 Å². The molecule has 21 heavy (non-hydrogen) atoms. The second-order valence-corrected chi connectivity index (χ2v) is 5.82. The van der Waals surface area contributed by atoms with Crippen LogP contribution in [0, 0.1) is 12.7 Å². The minimum atomic E-state index is -0.176. The van der Waals surface area contributed by atoms with Gasteiger partial charge in [0.2, 0.25) is 0 Å². The van der Waals surface area contributed by atoms with Crippen molar-refractivity contribution in [3.63, 3.8) is 0 Å². The molecule has 0 unspecified atom stereocenters. The summed E-state index contributed by atoms with van der Waals surface area (Å²) < 4.78 is 15.6. The Balaban J connectivity index is 1.92. The van der Waals surface area contributed by atoms with E-state index in [0.717, 1.165) is 41.9 Å². The molecule has 1 saturated carbocycles. The number of benzene rings is 1. The van der Waals surface area contributed by atoms with Gasteiger partial charge in [0.15, 0.2) is 0 Å². The molecular formula is C17H22FN3. The smallest absolute Gasteiger partial charge is 0.123 e. The zero-order valence-electron chi connectivity index (χ0n) is 12.7. The molecule has 0 bridgehead atoms. The third kappa shape index (κ3) is 3.16. The fourth-order valence-corrected chi connectivity index (χ4v) is 2.66. The Morgan fingerprint density at radius 1 is 1.33 bits per heavy atom. The molecule has 3 rings (SSSR count). The lowest BCUT2D eigenvalue weighted by Crippen LogP contribution is -2.16. The lowest BCUT2D eigenvalue weighted by molar-refractivity contribution is 0.587. The molecule has 0 radical (unpaired) electrons. The van der Waals surface area contributed by atoms with Crippen LogP contribution in [-0.4, -0.2) is 15.8 Å². The molecule has 1 aromatic carbocycles. The second kappa shape index (κ2) is 5.98. The van der Waals surface area contributed by atoms with Crippen molar-refractivity contribution in [2.75, 3.05) is 0 Å². The Morgan fingerprint density at radius 3 is 2.86 bits per heavy atom. The van der Waals surface area contributed by atoms with Crippen molar-refractivity contribution in [1.29, 1.82) is 0 Å². The molecule has 112 valence electrons. The van der Waals surface area contributed by atoms with Gasteiger partial charge in [-0.3, -0.25) is 4.68 Å². The van der Waals surface area contributed by atoms with Crippen molar-refractivity contribution in [3.8, 4) is 11.1 Å². The van der Waals surface area contributed by atoms with Gasteiger partial charge in [0.1, 0.15) is 5.82 Å². The normalized spacial score (nSPS) is 14.6. The minimum absolute atomic E-state index is 0.176. The third-order valence-corrected chi connectivity index (χ3v) is 4.05. The van der Waals surface area contributed by atoms with E-state index in [1.165, 1.54) is 18.9 Å². The predicted octanol–water partition coefficient (Wildman–Crippen LogP) is 3.66. The predicted molar refractivity (Wildman–Crippen MR) is 82.5 cm³/mol. The van der Waals surface area contributed by atoms with Crippen LogP contribution >= 0.6 is 0 Å². The van der Waals surface area contributed by atoms with Crippen LogP contribution < -0.4 is 5.32 Å². The first-order valence-corrected chi connectivity index (χ1v) is 7.73. The lowest BCUT2D eigenvalue weighted by Gasteiger charge is -2.11. The van der Waals surface area contributed by atoms with Crippen molar-refractivity contribution >= 4 is 0 Å². The zero-order chi connectivity index (χ0) is 14.8. The van der Waals surface area contributed by atoms with Crippen molar-refractivity contribution in [2.24, 2.45) is 0 Å². The molecule has 1 aliphatic rings. The fraction of sp³-hybridized carbons (Fsp3) is 0.471. The van der Waals surface area contributed by atoms with Gasteiger partial charge in [-0.05, 0) is 49.4 Å². The summed E-state index contributed by atoms with van der Waals surface area (Å²) in [5.41, 5.74) is 4.36. The highest BCUT2D eigenvalue weighted by Crippen LogP contribution is 2.28. The molecular weight excluding hydrogens is 265 g/mol. The van der Waals surface area contributed by atoms with Crippen LogP contribution in [-0.2, 0) is 13.1 Å². The first-order chi connectivity index (χ1) is 10.2. The Labute approximate surface area is 125 Å². The van der Waals surface area contributed by atoms with Crippen LogP contribution in [0.4, 0.5) is 4.39 Å². The average Bonchev–Trinajstić information content (AvgIpc) is 3.23. The van der Waals surface area contributed by atoms with Crippen molar-refractivity contribution in [1.82, 2.24) is 15.1 Å². The average molecular weight is 287 g/mol. The first-order valence-electron chi connectivity index (χ1n) is 7.73. The Morgan fingerprint density at radius 2 is 2.14 bits per heavy atom. The summed E-state index contributed by atoms with van der Waals surface area (Å²) in [6.45, 7) is 5.86. The van der Waals surface area contributed by atoms with Crippen molar-refractivity contribution in [2.45, 2.75) is 52.2 Å². The molecule has 1 N–H and O–H groups in total. The number of rotatable bonds is 6. The summed E-state index contributed by atoms with van der Waals surface area (Å²) in [5.74, 6) is -0.176. The molecule has 0 aliphatic heterocycles. The Kier molecular flexibility index (Phi) is 4.06. The van der Waals surface area contributed by atoms with Gasteiger partial charge in [0.25, 0.3) is 0 Å². The SMILES string of the molecule is CCCn1ncc(-c2ccc(F)cc2CNC2CC2)c1C. The highest BCUT2D eigenvalue weighted by molar-refractivity contribution is 5.69. The number of aromatic nitrogens is 2. The van der Waals surface area contributed by atoms with E-state index in [1.54, 1.807) is 6.07 Å². The van der Waals surface area contributed by atoms with Gasteiger partial charge in [-0.2, -0.15) is 5.10 Å². The van der Waals surface area contributed by atoms with Crippen LogP contribution in [0.5, 0.6) is 0 Å². The van der Waals surface area contributed by atoms with Crippen molar-refractivity contribution < 1.29 is 4.39 Å². The number of hydrogen-bond acceptors (Lipinski definition) is 2. The summed E-state index contributed by atoms with van der Waals surface area (Å²) in [7, 11) is 0. The highest BCUT2D eigenvalue weighted by atomic mass is 19.1. The van der Waals surface area contributed by atoms with Crippen LogP contribution in [0.15, 0.2) is 24.4 Å². The summed E-state index contributed by atoms with van der Waals surface area (Å²) in [4.78, 5) is 0. The van der Waals surface area contributed by atoms with Gasteiger partial charge >= 0.3 is 0 Å². The zero-order valence-corrected chi connectivity index (χ0v) is 12.7. The van der Waals surface area contributed by atoms with Crippen molar-refractivity contribution in [3.05, 3.63) is 41.5 Å². The van der Waals surface area contributed by atoms with Gasteiger partial charge in [-0.15, -0.1) is 0 Å². The molecule has 2 aromatic rings. The molecule has 1 aromatic heterocycles. The standard InChI is InChI=1S/C17H22FN3/c1-3-8-21-12(2)17(11-20-21)16-7-4-14(18)9-13(16)10-19-15-5-6-15/h4,7,9,11,15,19H,3,5-6,8,10H2,1-2H3. The monoisotopic (exact) mass is 287 g/mol. The van der Waals surface area contributed by atoms with Gasteiger partial charge in [0.05, 0.1) is 6.20 Å². The summed E-state index contributed by atoms with van der Waals surface area (Å²) >= 11 is 0. The summed E-state index contributed by atoms with van der Waals surface area (Å²) in [6, 6.07) is 5.66. The number of aryl methyl sites for hydroxylation is 1. The topological polar surface area (TPSA) is 29.9 Å². The van der Waals surface area contributed by atoms with Crippen LogP contribution in [0.3, 0.4) is 0 Å². The third-order valence-electron chi connectivity index (χ3n) is 4.05. The van der Waals surface area contributed by atoms with Gasteiger partial charge in [0, 0.05) is 30.4 Å². The van der Waals surface area contributed by atoms with Crippen LogP contribution in [0.1, 0.15) is 37.4 Å². The van der Waals surface area contributed by atoms with E-state index in [1.807, 2.05) is 16.9 Å². The van der Waals surface area contributed by atoms with E-state index in [9.17, 15) is 4.39 Å².